The van der Waals surface area contributed by atoms with Gasteiger partial charge in [-0.3, -0.25) is 0 Å². The molecule has 0 N–H and O–H groups in total. The number of hydrogen-bond acceptors (Lipinski definition) is 6. The molecule has 6 rings (SSSR count). The maximum atomic E-state index is 6.70. The van der Waals surface area contributed by atoms with Crippen LogP contribution in [0, 0.1) is 23.7 Å². The highest BCUT2D eigenvalue weighted by Gasteiger charge is 2.68. The van der Waals surface area contributed by atoms with Crippen LogP contribution in [0.4, 0.5) is 0 Å². The van der Waals surface area contributed by atoms with Gasteiger partial charge in [-0.05, 0) is 57.3 Å². The molecule has 0 unspecified atom stereocenters. The second-order valence-electron chi connectivity index (χ2n) is 10.9. The highest BCUT2D eigenvalue weighted by molar-refractivity contribution is 5.13. The first kappa shape index (κ1) is 21.0. The van der Waals surface area contributed by atoms with Crippen molar-refractivity contribution in [3.8, 4) is 0 Å². The molecule has 0 radical (unpaired) electrons. The maximum absolute atomic E-state index is 6.70. The van der Waals surface area contributed by atoms with Crippen molar-refractivity contribution >= 4 is 0 Å². The number of nitrogens with zero attached hydrogens (tertiary/aromatic N) is 2. The SMILES string of the molecule is C[C@H]1[C@@H](OCCCCN2C=CN(C)C2)O[C@@H]2C[C@]3(C)CC[C@H]4[C@H](C)CC[C@@H]1[C@@]24OO3. The van der Waals surface area contributed by atoms with E-state index in [2.05, 4.69) is 50.0 Å². The molecule has 5 fully saturated rings. The lowest BCUT2D eigenvalue weighted by Gasteiger charge is -2.61. The molecule has 170 valence electrons. The predicted molar refractivity (Wildman–Crippen MR) is 114 cm³/mol. The molecule has 1 spiro atoms. The summed E-state index contributed by atoms with van der Waals surface area (Å²) in [6, 6.07) is 0. The van der Waals surface area contributed by atoms with Crippen LogP contribution < -0.4 is 0 Å². The minimum Gasteiger partial charge on any atom is -0.362 e. The summed E-state index contributed by atoms with van der Waals surface area (Å²) in [5.74, 6) is 1.98. The van der Waals surface area contributed by atoms with E-state index in [4.69, 9.17) is 19.2 Å². The molecule has 6 nitrogen and oxygen atoms in total. The van der Waals surface area contributed by atoms with Gasteiger partial charge in [0.1, 0.15) is 11.2 Å². The smallest absolute Gasteiger partial charge is 0.160 e. The lowest BCUT2D eigenvalue weighted by Crippen LogP contribution is -2.69. The van der Waals surface area contributed by atoms with Crippen molar-refractivity contribution in [3.63, 3.8) is 0 Å². The van der Waals surface area contributed by atoms with Gasteiger partial charge in [-0.1, -0.05) is 13.8 Å². The Balaban J connectivity index is 1.21. The van der Waals surface area contributed by atoms with Crippen molar-refractivity contribution in [2.24, 2.45) is 23.7 Å². The van der Waals surface area contributed by atoms with E-state index in [0.29, 0.717) is 23.7 Å². The van der Waals surface area contributed by atoms with E-state index >= 15 is 0 Å². The van der Waals surface area contributed by atoms with Crippen molar-refractivity contribution < 1.29 is 19.2 Å². The van der Waals surface area contributed by atoms with Crippen molar-refractivity contribution in [3.05, 3.63) is 12.4 Å². The predicted octanol–water partition coefficient (Wildman–Crippen LogP) is 4.13. The Morgan fingerprint density at radius 3 is 2.73 bits per heavy atom. The van der Waals surface area contributed by atoms with Crippen LogP contribution in [0.15, 0.2) is 12.4 Å². The third-order valence-corrected chi connectivity index (χ3v) is 8.69. The highest BCUT2D eigenvalue weighted by Crippen LogP contribution is 2.61. The average Bonchev–Trinajstić information content (AvgIpc) is 3.00. The second kappa shape index (κ2) is 7.95. The summed E-state index contributed by atoms with van der Waals surface area (Å²) in [5, 5.41) is 0. The number of hydrogen-bond donors (Lipinski definition) is 0. The van der Waals surface area contributed by atoms with E-state index < -0.39 is 0 Å². The lowest BCUT2D eigenvalue weighted by molar-refractivity contribution is -0.495. The molecule has 30 heavy (non-hydrogen) atoms. The van der Waals surface area contributed by atoms with Gasteiger partial charge in [-0.15, -0.1) is 0 Å². The molecule has 2 bridgehead atoms. The Labute approximate surface area is 181 Å². The van der Waals surface area contributed by atoms with E-state index in [9.17, 15) is 0 Å². The minimum atomic E-state index is -0.277. The molecule has 0 aromatic heterocycles. The first-order valence-corrected chi connectivity index (χ1v) is 12.2. The molecule has 2 saturated carbocycles. The van der Waals surface area contributed by atoms with Gasteiger partial charge in [0.2, 0.25) is 0 Å². The van der Waals surface area contributed by atoms with Crippen LogP contribution in [-0.4, -0.2) is 60.3 Å². The molecule has 4 aliphatic heterocycles. The van der Waals surface area contributed by atoms with Gasteiger partial charge in [0.25, 0.3) is 0 Å². The summed E-state index contributed by atoms with van der Waals surface area (Å²) in [6.07, 6.45) is 12.1. The fourth-order valence-corrected chi connectivity index (χ4v) is 6.96. The lowest BCUT2D eigenvalue weighted by atomic mass is 9.56. The van der Waals surface area contributed by atoms with Crippen molar-refractivity contribution in [2.45, 2.75) is 89.3 Å². The normalized spacial score (nSPS) is 47.5. The highest BCUT2D eigenvalue weighted by atomic mass is 17.2. The summed E-state index contributed by atoms with van der Waals surface area (Å²) in [4.78, 5) is 17.0. The minimum absolute atomic E-state index is 0.0861. The monoisotopic (exact) mass is 420 g/mol. The first-order chi connectivity index (χ1) is 14.4. The standard InChI is InChI=1S/C24H40N2O4/c1-17-7-8-20-18(2)22(27-14-6-5-11-26-13-12-25(4)16-26)28-21-15-23(3)10-9-19(17)24(20,21)30-29-23/h12-13,17-22H,5-11,14-16H2,1-4H3/t17-,18-,19+,20+,21-,22+,23+,24-/m1/s1. The molecule has 0 amide bonds. The topological polar surface area (TPSA) is 43.4 Å². The Morgan fingerprint density at radius 1 is 1.07 bits per heavy atom. The zero-order valence-electron chi connectivity index (χ0n) is 19.2. The first-order valence-electron chi connectivity index (χ1n) is 12.2. The second-order valence-corrected chi connectivity index (χ2v) is 10.9. The van der Waals surface area contributed by atoms with Gasteiger partial charge >= 0.3 is 0 Å². The number of unbranched alkanes of at least 4 members (excludes halogenated alkanes) is 1. The van der Waals surface area contributed by atoms with Gasteiger partial charge in [0.05, 0.1) is 12.8 Å². The van der Waals surface area contributed by atoms with Crippen LogP contribution in [0.5, 0.6) is 0 Å². The van der Waals surface area contributed by atoms with Gasteiger partial charge in [-0.2, -0.15) is 0 Å². The average molecular weight is 421 g/mol. The van der Waals surface area contributed by atoms with Crippen molar-refractivity contribution in [2.75, 3.05) is 26.9 Å². The van der Waals surface area contributed by atoms with E-state index in [1.165, 1.54) is 19.3 Å². The van der Waals surface area contributed by atoms with Crippen LogP contribution in [0.1, 0.15) is 65.7 Å². The third kappa shape index (κ3) is 3.48. The van der Waals surface area contributed by atoms with Crippen LogP contribution in [0.2, 0.25) is 0 Å². The van der Waals surface area contributed by atoms with Crippen LogP contribution in [0.25, 0.3) is 0 Å². The molecule has 8 atom stereocenters. The summed E-state index contributed by atoms with van der Waals surface area (Å²) in [5.41, 5.74) is -0.500. The molecule has 4 heterocycles. The van der Waals surface area contributed by atoms with Crippen LogP contribution >= 0.6 is 0 Å². The number of ether oxygens (including phenoxy) is 2. The van der Waals surface area contributed by atoms with Crippen LogP contribution in [-0.2, 0) is 19.2 Å². The summed E-state index contributed by atoms with van der Waals surface area (Å²) in [6.45, 7) is 9.75. The molecule has 0 aromatic carbocycles. The molecular weight excluding hydrogens is 380 g/mol. The molecule has 0 aromatic rings. The zero-order valence-corrected chi connectivity index (χ0v) is 19.2. The molecule has 2 aliphatic carbocycles. The molecular formula is C24H40N2O4. The van der Waals surface area contributed by atoms with Crippen molar-refractivity contribution in [1.82, 2.24) is 9.80 Å². The van der Waals surface area contributed by atoms with Crippen molar-refractivity contribution in [1.29, 1.82) is 0 Å². The number of fused-ring (bicyclic) bond motifs is 2. The Kier molecular flexibility index (Phi) is 5.58. The van der Waals surface area contributed by atoms with E-state index in [0.717, 1.165) is 45.5 Å². The molecule has 6 heteroatoms. The van der Waals surface area contributed by atoms with Gasteiger partial charge in [-0.25, -0.2) is 9.78 Å². The fourth-order valence-electron chi connectivity index (χ4n) is 6.96. The largest absolute Gasteiger partial charge is 0.362 e. The summed E-state index contributed by atoms with van der Waals surface area (Å²) >= 11 is 0. The summed E-state index contributed by atoms with van der Waals surface area (Å²) < 4.78 is 13.1. The molecule has 3 saturated heterocycles. The van der Waals surface area contributed by atoms with Gasteiger partial charge < -0.3 is 19.3 Å². The van der Waals surface area contributed by atoms with Gasteiger partial charge in [0.15, 0.2) is 6.29 Å². The Morgan fingerprint density at radius 2 is 1.93 bits per heavy atom. The quantitative estimate of drug-likeness (QED) is 0.476. The third-order valence-electron chi connectivity index (χ3n) is 8.69. The summed E-state index contributed by atoms with van der Waals surface area (Å²) in [7, 11) is 2.11. The van der Waals surface area contributed by atoms with E-state index in [1.54, 1.807) is 0 Å². The maximum Gasteiger partial charge on any atom is 0.160 e. The van der Waals surface area contributed by atoms with E-state index in [-0.39, 0.29) is 23.6 Å². The fraction of sp³-hybridized carbons (Fsp3) is 0.917. The van der Waals surface area contributed by atoms with Gasteiger partial charge in [0, 0.05) is 50.9 Å². The van der Waals surface area contributed by atoms with E-state index in [1.807, 2.05) is 0 Å². The van der Waals surface area contributed by atoms with Crippen LogP contribution in [0.3, 0.4) is 0 Å². The number of rotatable bonds is 6. The Bertz CT molecular complexity index is 659. The molecule has 6 aliphatic rings. The zero-order chi connectivity index (χ0) is 20.9. The Hall–Kier alpha value is -0.820.